The van der Waals surface area contributed by atoms with Crippen LogP contribution in [-0.2, 0) is 10.1 Å². The maximum Gasteiger partial charge on any atom is 0.0948 e. The van der Waals surface area contributed by atoms with Crippen molar-refractivity contribution >= 4 is 10.1 Å². The molecule has 0 rings (SSSR count). The molecule has 0 spiro atoms. The minimum atomic E-state index is -4.01. The molecule has 0 unspecified atom stereocenters. The van der Waals surface area contributed by atoms with E-state index in [0.29, 0.717) is 6.42 Å². The predicted molar refractivity (Wildman–Crippen MR) is 54.9 cm³/mol. The first-order valence-corrected chi connectivity index (χ1v) is 6.50. The first-order valence-electron chi connectivity index (χ1n) is 4.92. The van der Waals surface area contributed by atoms with Crippen molar-refractivity contribution in [1.29, 1.82) is 0 Å². The Balaban J connectivity index is 3.10. The third-order valence-electron chi connectivity index (χ3n) is 1.87. The molecule has 2 N–H and O–H groups in total. The Labute approximate surface area is 86.1 Å². The van der Waals surface area contributed by atoms with E-state index in [1.54, 1.807) is 0 Å². The van der Waals surface area contributed by atoms with Gasteiger partial charge in [0.1, 0.15) is 0 Å². The van der Waals surface area contributed by atoms with E-state index < -0.39 is 10.1 Å². The van der Waals surface area contributed by atoms with Crippen molar-refractivity contribution in [3.05, 3.63) is 12.7 Å². The van der Waals surface area contributed by atoms with Gasteiger partial charge in [-0.2, -0.15) is 0 Å². The maximum absolute atomic E-state index is 10.2. The van der Waals surface area contributed by atoms with Crippen LogP contribution < -0.4 is 5.32 Å². The molecule has 4 nitrogen and oxygen atoms in total. The summed E-state index contributed by atoms with van der Waals surface area (Å²) in [5.74, 6) is -0.240. The number of allylic oxidation sites excluding steroid dienone is 1. The molecule has 84 valence electrons. The molecule has 0 saturated heterocycles. The lowest BCUT2D eigenvalue weighted by Crippen LogP contribution is -2.84. The van der Waals surface area contributed by atoms with Crippen LogP contribution in [0.5, 0.6) is 0 Å². The minimum absolute atomic E-state index is 0.240. The normalized spacial score (nSPS) is 11.5. The van der Waals surface area contributed by atoms with E-state index in [4.69, 9.17) is 0 Å². The van der Waals surface area contributed by atoms with Gasteiger partial charge in [0.05, 0.1) is 23.2 Å². The second kappa shape index (κ2) is 7.96. The van der Waals surface area contributed by atoms with E-state index in [9.17, 15) is 13.0 Å². The Morgan fingerprint density at radius 3 is 2.43 bits per heavy atom. The first kappa shape index (κ1) is 13.6. The third-order valence-corrected chi connectivity index (χ3v) is 2.66. The van der Waals surface area contributed by atoms with E-state index in [1.807, 2.05) is 11.4 Å². The van der Waals surface area contributed by atoms with Crippen LogP contribution in [0.4, 0.5) is 0 Å². The summed E-state index contributed by atoms with van der Waals surface area (Å²) in [6.45, 7) is 5.33. The molecular formula is C9H19NO3S. The molecule has 0 radical (unpaired) electrons. The fourth-order valence-corrected chi connectivity index (χ4v) is 1.65. The SMILES string of the molecule is C=CCCCC[NH2+]CCCS(=O)(=O)[O-]. The van der Waals surface area contributed by atoms with Crippen molar-refractivity contribution in [3.8, 4) is 0 Å². The monoisotopic (exact) mass is 221 g/mol. The fourth-order valence-electron chi connectivity index (χ4n) is 1.13. The quantitative estimate of drug-likeness (QED) is 0.334. The molecule has 0 aliphatic rings. The van der Waals surface area contributed by atoms with Crippen LogP contribution in [0, 0.1) is 0 Å². The zero-order chi connectivity index (χ0) is 10.9. The van der Waals surface area contributed by atoms with E-state index in [0.717, 1.165) is 32.4 Å². The maximum atomic E-state index is 10.2. The Hall–Kier alpha value is -0.390. The fraction of sp³-hybridized carbons (Fsp3) is 0.778. The van der Waals surface area contributed by atoms with Crippen molar-refractivity contribution < 1.29 is 18.3 Å². The number of rotatable bonds is 9. The molecule has 0 aromatic carbocycles. The lowest BCUT2D eigenvalue weighted by molar-refractivity contribution is -0.654. The van der Waals surface area contributed by atoms with Crippen molar-refractivity contribution in [3.63, 3.8) is 0 Å². The summed E-state index contributed by atoms with van der Waals surface area (Å²) >= 11 is 0. The summed E-state index contributed by atoms with van der Waals surface area (Å²) in [4.78, 5) is 0. The zero-order valence-corrected chi connectivity index (χ0v) is 9.26. The summed E-state index contributed by atoms with van der Waals surface area (Å²) in [6, 6.07) is 0. The topological polar surface area (TPSA) is 73.8 Å². The molecular weight excluding hydrogens is 202 g/mol. The Kier molecular flexibility index (Phi) is 7.74. The number of unbranched alkanes of at least 4 members (excludes halogenated alkanes) is 2. The van der Waals surface area contributed by atoms with Crippen LogP contribution in [0.1, 0.15) is 25.7 Å². The van der Waals surface area contributed by atoms with Crippen molar-refractivity contribution in [2.24, 2.45) is 0 Å². The molecule has 0 saturated carbocycles. The summed E-state index contributed by atoms with van der Waals surface area (Å²) in [6.07, 6.45) is 5.61. The van der Waals surface area contributed by atoms with Crippen LogP contribution >= 0.6 is 0 Å². The van der Waals surface area contributed by atoms with Gasteiger partial charge in [0.15, 0.2) is 0 Å². The number of hydrogen-bond donors (Lipinski definition) is 1. The number of nitrogens with two attached hydrogens (primary N) is 1. The highest BCUT2D eigenvalue weighted by molar-refractivity contribution is 7.85. The number of quaternary nitrogens is 1. The second-order valence-corrected chi connectivity index (χ2v) is 4.79. The summed E-state index contributed by atoms with van der Waals surface area (Å²) < 4.78 is 30.7. The molecule has 0 aliphatic carbocycles. The Morgan fingerprint density at radius 2 is 1.86 bits per heavy atom. The van der Waals surface area contributed by atoms with Gasteiger partial charge >= 0.3 is 0 Å². The van der Waals surface area contributed by atoms with Crippen LogP contribution in [0.2, 0.25) is 0 Å². The van der Waals surface area contributed by atoms with Crippen LogP contribution in [0.15, 0.2) is 12.7 Å². The van der Waals surface area contributed by atoms with Gasteiger partial charge in [-0.05, 0) is 19.3 Å². The molecule has 0 heterocycles. The molecule has 0 atom stereocenters. The molecule has 0 bridgehead atoms. The average molecular weight is 221 g/mol. The van der Waals surface area contributed by atoms with Gasteiger partial charge in [-0.1, -0.05) is 6.08 Å². The van der Waals surface area contributed by atoms with E-state index in [-0.39, 0.29) is 5.75 Å². The molecule has 0 amide bonds. The lowest BCUT2D eigenvalue weighted by atomic mass is 10.2. The lowest BCUT2D eigenvalue weighted by Gasteiger charge is -2.05. The summed E-state index contributed by atoms with van der Waals surface area (Å²) in [5.41, 5.74) is 0. The molecule has 0 aliphatic heterocycles. The summed E-state index contributed by atoms with van der Waals surface area (Å²) in [5, 5.41) is 2.05. The van der Waals surface area contributed by atoms with Gasteiger partial charge in [-0.3, -0.25) is 0 Å². The van der Waals surface area contributed by atoms with Gasteiger partial charge in [-0.15, -0.1) is 6.58 Å². The van der Waals surface area contributed by atoms with E-state index >= 15 is 0 Å². The molecule has 0 aromatic heterocycles. The Bertz CT molecular complexity index is 236. The van der Waals surface area contributed by atoms with E-state index in [1.165, 1.54) is 0 Å². The Morgan fingerprint density at radius 1 is 1.21 bits per heavy atom. The van der Waals surface area contributed by atoms with Crippen LogP contribution in [0.3, 0.4) is 0 Å². The highest BCUT2D eigenvalue weighted by Crippen LogP contribution is 1.91. The van der Waals surface area contributed by atoms with Crippen molar-refractivity contribution in [2.45, 2.75) is 25.7 Å². The van der Waals surface area contributed by atoms with Gasteiger partial charge in [-0.25, -0.2) is 8.42 Å². The average Bonchev–Trinajstić information content (AvgIpc) is 2.08. The first-order chi connectivity index (χ1) is 6.56. The van der Waals surface area contributed by atoms with Gasteiger partial charge in [0, 0.05) is 12.2 Å². The molecule has 5 heteroatoms. The predicted octanol–water partition coefficient (Wildman–Crippen LogP) is -0.159. The van der Waals surface area contributed by atoms with Crippen molar-refractivity contribution in [2.75, 3.05) is 18.8 Å². The third kappa shape index (κ3) is 11.6. The van der Waals surface area contributed by atoms with Crippen LogP contribution in [0.25, 0.3) is 0 Å². The van der Waals surface area contributed by atoms with Gasteiger partial charge in [0.25, 0.3) is 0 Å². The molecule has 0 fully saturated rings. The number of hydrogen-bond acceptors (Lipinski definition) is 3. The smallest absolute Gasteiger partial charge is 0.0948 e. The van der Waals surface area contributed by atoms with Gasteiger partial charge < -0.3 is 9.87 Å². The molecule has 0 aromatic rings. The van der Waals surface area contributed by atoms with Gasteiger partial charge in [0.2, 0.25) is 0 Å². The highest BCUT2D eigenvalue weighted by Gasteiger charge is 1.96. The second-order valence-electron chi connectivity index (χ2n) is 3.27. The summed E-state index contributed by atoms with van der Waals surface area (Å²) in [7, 11) is -4.01. The largest absolute Gasteiger partial charge is 0.748 e. The standard InChI is InChI=1S/C9H19NO3S/c1-2-3-4-5-7-10-8-6-9-14(11,12)13/h2,10H,1,3-9H2,(H,11,12,13). The molecule has 14 heavy (non-hydrogen) atoms. The minimum Gasteiger partial charge on any atom is -0.748 e. The van der Waals surface area contributed by atoms with E-state index in [2.05, 4.69) is 6.58 Å². The highest BCUT2D eigenvalue weighted by atomic mass is 32.2. The zero-order valence-electron chi connectivity index (χ0n) is 8.44. The van der Waals surface area contributed by atoms with Crippen molar-refractivity contribution in [1.82, 2.24) is 0 Å². The van der Waals surface area contributed by atoms with Crippen LogP contribution in [-0.4, -0.2) is 31.8 Å².